The van der Waals surface area contributed by atoms with Gasteiger partial charge in [0.25, 0.3) is 0 Å². The Morgan fingerprint density at radius 2 is 1.85 bits per heavy atom. The molecule has 0 fully saturated rings. The summed E-state index contributed by atoms with van der Waals surface area (Å²) in [6, 6.07) is 0.841. The second-order valence-electron chi connectivity index (χ2n) is 2.63. The van der Waals surface area contributed by atoms with E-state index < -0.39 is 23.4 Å². The van der Waals surface area contributed by atoms with Crippen LogP contribution in [0.3, 0.4) is 0 Å². The number of phenols is 1. The lowest BCUT2D eigenvalue weighted by molar-refractivity contribution is 0.411. The van der Waals surface area contributed by atoms with Gasteiger partial charge in [0, 0.05) is 12.6 Å². The number of hydrogen-bond acceptors (Lipinski definition) is 3. The highest BCUT2D eigenvalue weighted by Gasteiger charge is 2.17. The minimum Gasteiger partial charge on any atom is -0.505 e. The largest absolute Gasteiger partial charge is 0.505 e. The first-order chi connectivity index (χ1) is 6.07. The van der Waals surface area contributed by atoms with Gasteiger partial charge in [0.05, 0.1) is 5.56 Å². The molecule has 0 heterocycles. The van der Waals surface area contributed by atoms with Gasteiger partial charge in [0.2, 0.25) is 0 Å². The van der Waals surface area contributed by atoms with Gasteiger partial charge in [-0.05, 0) is 12.1 Å². The third-order valence-corrected chi connectivity index (χ3v) is 1.74. The van der Waals surface area contributed by atoms with Gasteiger partial charge in [-0.2, -0.15) is 0 Å². The summed E-state index contributed by atoms with van der Waals surface area (Å²) in [5.74, 6) is -2.42. The number of hydrogen-bond donors (Lipinski definition) is 3. The molecule has 0 saturated heterocycles. The molecule has 1 unspecified atom stereocenters. The second kappa shape index (κ2) is 3.68. The van der Waals surface area contributed by atoms with Crippen molar-refractivity contribution in [2.45, 2.75) is 6.04 Å². The smallest absolute Gasteiger partial charge is 0.165 e. The summed E-state index contributed by atoms with van der Waals surface area (Å²) in [6.07, 6.45) is 0. The van der Waals surface area contributed by atoms with E-state index in [2.05, 4.69) is 0 Å². The van der Waals surface area contributed by atoms with Crippen molar-refractivity contribution in [3.63, 3.8) is 0 Å². The molecule has 0 aliphatic heterocycles. The molecular formula is C8H10F2N2O. The molecule has 1 aromatic carbocycles. The van der Waals surface area contributed by atoms with E-state index in [-0.39, 0.29) is 12.1 Å². The summed E-state index contributed by atoms with van der Waals surface area (Å²) in [4.78, 5) is 0. The molecule has 3 nitrogen and oxygen atoms in total. The van der Waals surface area contributed by atoms with Crippen molar-refractivity contribution >= 4 is 0 Å². The predicted octanol–water partition coefficient (Wildman–Crippen LogP) is 0.629. The first-order valence-electron chi connectivity index (χ1n) is 3.70. The molecule has 5 N–H and O–H groups in total. The minimum atomic E-state index is -0.902. The molecule has 0 spiro atoms. The third-order valence-electron chi connectivity index (χ3n) is 1.74. The van der Waals surface area contributed by atoms with Crippen LogP contribution in [0.1, 0.15) is 11.6 Å². The molecule has 1 aromatic rings. The normalized spacial score (nSPS) is 12.9. The average molecular weight is 188 g/mol. The predicted molar refractivity (Wildman–Crippen MR) is 44.0 cm³/mol. The zero-order valence-electron chi connectivity index (χ0n) is 6.80. The van der Waals surface area contributed by atoms with E-state index in [0.717, 1.165) is 12.1 Å². The third kappa shape index (κ3) is 1.76. The van der Waals surface area contributed by atoms with E-state index >= 15 is 0 Å². The Hall–Kier alpha value is -1.20. The van der Waals surface area contributed by atoms with Crippen molar-refractivity contribution in [3.8, 4) is 5.75 Å². The molecule has 0 aliphatic rings. The first-order valence-corrected chi connectivity index (χ1v) is 3.70. The summed E-state index contributed by atoms with van der Waals surface area (Å²) in [5.41, 5.74) is 10.3. The SMILES string of the molecule is NCC(N)c1c(F)ccc(F)c1O. The molecule has 1 atom stereocenters. The van der Waals surface area contributed by atoms with Crippen LogP contribution in [-0.4, -0.2) is 11.7 Å². The molecule has 72 valence electrons. The summed E-state index contributed by atoms with van der Waals surface area (Å²) < 4.78 is 25.7. The first kappa shape index (κ1) is 9.88. The van der Waals surface area contributed by atoms with Gasteiger partial charge in [-0.15, -0.1) is 0 Å². The zero-order valence-corrected chi connectivity index (χ0v) is 6.80. The van der Waals surface area contributed by atoms with Crippen molar-refractivity contribution in [2.75, 3.05) is 6.54 Å². The van der Waals surface area contributed by atoms with Gasteiger partial charge in [-0.25, -0.2) is 8.78 Å². The fraction of sp³-hybridized carbons (Fsp3) is 0.250. The van der Waals surface area contributed by atoms with Crippen molar-refractivity contribution in [1.82, 2.24) is 0 Å². The van der Waals surface area contributed by atoms with Crippen LogP contribution < -0.4 is 11.5 Å². The van der Waals surface area contributed by atoms with Crippen molar-refractivity contribution in [3.05, 3.63) is 29.3 Å². The lowest BCUT2D eigenvalue weighted by atomic mass is 10.1. The van der Waals surface area contributed by atoms with Crippen LogP contribution in [0.2, 0.25) is 0 Å². The molecule has 5 heteroatoms. The number of aromatic hydroxyl groups is 1. The highest BCUT2D eigenvalue weighted by atomic mass is 19.1. The van der Waals surface area contributed by atoms with Crippen LogP contribution in [0.5, 0.6) is 5.75 Å². The van der Waals surface area contributed by atoms with Crippen molar-refractivity contribution in [2.24, 2.45) is 11.5 Å². The standard InChI is InChI=1S/C8H10F2N2O/c9-4-1-2-5(10)8(13)7(4)6(12)3-11/h1-2,6,13H,3,11-12H2. The highest BCUT2D eigenvalue weighted by Crippen LogP contribution is 2.27. The van der Waals surface area contributed by atoms with E-state index in [0.29, 0.717) is 0 Å². The van der Waals surface area contributed by atoms with Gasteiger partial charge in [0.15, 0.2) is 11.6 Å². The Labute approximate surface area is 74.0 Å². The Bertz CT molecular complexity index is 317. The fourth-order valence-electron chi connectivity index (χ4n) is 1.03. The summed E-state index contributed by atoms with van der Waals surface area (Å²) in [6.45, 7) is -0.0616. The molecule has 0 radical (unpaired) electrons. The van der Waals surface area contributed by atoms with Gasteiger partial charge >= 0.3 is 0 Å². The maximum atomic E-state index is 13.0. The van der Waals surface area contributed by atoms with Gasteiger partial charge in [0.1, 0.15) is 5.82 Å². The highest BCUT2D eigenvalue weighted by molar-refractivity contribution is 5.37. The monoisotopic (exact) mass is 188 g/mol. The Balaban J connectivity index is 3.25. The topological polar surface area (TPSA) is 72.3 Å². The van der Waals surface area contributed by atoms with E-state index in [9.17, 15) is 8.78 Å². The number of rotatable bonds is 2. The number of phenolic OH excluding ortho intramolecular Hbond substituents is 1. The Morgan fingerprint density at radius 1 is 1.31 bits per heavy atom. The fourth-order valence-corrected chi connectivity index (χ4v) is 1.03. The quantitative estimate of drug-likeness (QED) is 0.637. The second-order valence-corrected chi connectivity index (χ2v) is 2.63. The maximum Gasteiger partial charge on any atom is 0.165 e. The lowest BCUT2D eigenvalue weighted by Crippen LogP contribution is -2.22. The Morgan fingerprint density at radius 3 is 2.38 bits per heavy atom. The molecule has 1 rings (SSSR count). The molecule has 0 aliphatic carbocycles. The zero-order chi connectivity index (χ0) is 10.0. The number of benzene rings is 1. The number of halogens is 2. The summed E-state index contributed by atoms with van der Waals surface area (Å²) >= 11 is 0. The Kier molecular flexibility index (Phi) is 2.79. The van der Waals surface area contributed by atoms with Crippen LogP contribution >= 0.6 is 0 Å². The molecule has 0 amide bonds. The average Bonchev–Trinajstić information content (AvgIpc) is 2.12. The summed E-state index contributed by atoms with van der Waals surface area (Å²) in [5, 5.41) is 9.13. The van der Waals surface area contributed by atoms with E-state index in [1.165, 1.54) is 0 Å². The van der Waals surface area contributed by atoms with Gasteiger partial charge in [-0.3, -0.25) is 0 Å². The van der Waals surface area contributed by atoms with Crippen LogP contribution in [0.15, 0.2) is 12.1 Å². The van der Waals surface area contributed by atoms with Crippen molar-refractivity contribution in [1.29, 1.82) is 0 Å². The molecule has 0 saturated carbocycles. The lowest BCUT2D eigenvalue weighted by Gasteiger charge is -2.12. The van der Waals surface area contributed by atoms with Gasteiger partial charge < -0.3 is 16.6 Å². The molecule has 0 aromatic heterocycles. The van der Waals surface area contributed by atoms with Crippen LogP contribution in [0, 0.1) is 11.6 Å². The van der Waals surface area contributed by atoms with Gasteiger partial charge in [-0.1, -0.05) is 0 Å². The van der Waals surface area contributed by atoms with Crippen molar-refractivity contribution < 1.29 is 13.9 Å². The van der Waals surface area contributed by atoms with Crippen LogP contribution in [0.4, 0.5) is 8.78 Å². The summed E-state index contributed by atoms with van der Waals surface area (Å²) in [7, 11) is 0. The van der Waals surface area contributed by atoms with E-state index in [1.807, 2.05) is 0 Å². The van der Waals surface area contributed by atoms with Crippen LogP contribution in [0.25, 0.3) is 0 Å². The molecule has 0 bridgehead atoms. The van der Waals surface area contributed by atoms with E-state index in [4.69, 9.17) is 16.6 Å². The van der Waals surface area contributed by atoms with E-state index in [1.54, 1.807) is 0 Å². The molecule has 13 heavy (non-hydrogen) atoms. The minimum absolute atomic E-state index is 0.0616. The molecular weight excluding hydrogens is 178 g/mol. The maximum absolute atomic E-state index is 13.0. The number of nitrogens with two attached hydrogens (primary N) is 2. The van der Waals surface area contributed by atoms with Crippen LogP contribution in [-0.2, 0) is 0 Å².